The van der Waals surface area contributed by atoms with E-state index in [9.17, 15) is 4.79 Å². The maximum Gasteiger partial charge on any atom is 0.227 e. The minimum absolute atomic E-state index is 0.219. The van der Waals surface area contributed by atoms with E-state index in [1.54, 1.807) is 6.20 Å². The number of carbonyl (C=O) groups is 1. The molecule has 110 valence electrons. The van der Waals surface area contributed by atoms with Gasteiger partial charge in [0.2, 0.25) is 5.91 Å². The summed E-state index contributed by atoms with van der Waals surface area (Å²) < 4.78 is 0. The first-order valence-electron chi connectivity index (χ1n) is 6.89. The zero-order chi connectivity index (χ0) is 14.8. The molecule has 20 heavy (non-hydrogen) atoms. The fourth-order valence-corrected chi connectivity index (χ4v) is 2.47. The first-order valence-corrected chi connectivity index (χ1v) is 7.27. The Labute approximate surface area is 124 Å². The molecule has 1 N–H and O–H groups in total. The van der Waals surface area contributed by atoms with E-state index in [-0.39, 0.29) is 11.3 Å². The number of amides is 1. The van der Waals surface area contributed by atoms with E-state index in [1.807, 2.05) is 25.7 Å². The van der Waals surface area contributed by atoms with E-state index >= 15 is 0 Å². The van der Waals surface area contributed by atoms with Crippen LogP contribution in [0.25, 0.3) is 0 Å². The molecular weight excluding hydrogens is 276 g/mol. The topological polar surface area (TPSA) is 58.1 Å². The second kappa shape index (κ2) is 5.95. The van der Waals surface area contributed by atoms with Crippen molar-refractivity contribution in [1.29, 1.82) is 0 Å². The van der Waals surface area contributed by atoms with Gasteiger partial charge in [0.1, 0.15) is 17.2 Å². The van der Waals surface area contributed by atoms with E-state index < -0.39 is 0 Å². The normalized spacial score (nSPS) is 17.1. The smallest absolute Gasteiger partial charge is 0.227 e. The fourth-order valence-electron chi connectivity index (χ4n) is 2.31. The van der Waals surface area contributed by atoms with Gasteiger partial charge in [-0.1, -0.05) is 32.4 Å². The number of rotatable bonds is 2. The molecule has 6 heteroatoms. The number of anilines is 1. The van der Waals surface area contributed by atoms with Gasteiger partial charge in [-0.3, -0.25) is 4.79 Å². The van der Waals surface area contributed by atoms with Gasteiger partial charge in [-0.2, -0.15) is 0 Å². The number of carbonyl (C=O) groups excluding carboxylic acids is 1. The monoisotopic (exact) mass is 296 g/mol. The number of nitrogens with zero attached hydrogens (tertiary/aromatic N) is 3. The third kappa shape index (κ3) is 3.60. The van der Waals surface area contributed by atoms with E-state index in [0.29, 0.717) is 16.9 Å². The molecule has 1 aliphatic rings. The highest BCUT2D eigenvalue weighted by Gasteiger charge is 2.30. The van der Waals surface area contributed by atoms with Crippen molar-refractivity contribution >= 4 is 23.3 Å². The molecule has 2 rings (SSSR count). The van der Waals surface area contributed by atoms with Gasteiger partial charge in [0, 0.05) is 24.5 Å². The van der Waals surface area contributed by atoms with Gasteiger partial charge >= 0.3 is 0 Å². The molecule has 0 unspecified atom stereocenters. The lowest BCUT2D eigenvalue weighted by Crippen LogP contribution is -2.46. The van der Waals surface area contributed by atoms with Gasteiger partial charge in [0.05, 0.1) is 6.20 Å². The fraction of sp³-hybridized carbons (Fsp3) is 0.643. The molecule has 1 amide bonds. The highest BCUT2D eigenvalue weighted by atomic mass is 35.5. The summed E-state index contributed by atoms with van der Waals surface area (Å²) in [7, 11) is 0. The maximum atomic E-state index is 12.2. The first-order chi connectivity index (χ1) is 9.38. The molecule has 2 heterocycles. The van der Waals surface area contributed by atoms with Crippen molar-refractivity contribution in [3.05, 3.63) is 17.5 Å². The molecule has 0 aromatic carbocycles. The maximum absolute atomic E-state index is 12.2. The predicted octanol–water partition coefficient (Wildman–Crippen LogP) is 2.58. The number of nitrogens with one attached hydrogen (secondary N) is 1. The van der Waals surface area contributed by atoms with Gasteiger partial charge < -0.3 is 10.2 Å². The van der Waals surface area contributed by atoms with Gasteiger partial charge in [-0.15, -0.1) is 0 Å². The molecular formula is C14H21ClN4O. The third-order valence-corrected chi connectivity index (χ3v) is 3.71. The second-order valence-electron chi connectivity index (χ2n) is 6.18. The Morgan fingerprint density at radius 1 is 1.40 bits per heavy atom. The number of likely N-dealkylation sites (tertiary alicyclic amines) is 1. The Kier molecular flexibility index (Phi) is 4.48. The van der Waals surface area contributed by atoms with Crippen molar-refractivity contribution < 1.29 is 4.79 Å². The summed E-state index contributed by atoms with van der Waals surface area (Å²) in [5, 5.41) is 3.85. The van der Waals surface area contributed by atoms with Gasteiger partial charge in [-0.05, 0) is 12.8 Å². The van der Waals surface area contributed by atoms with Crippen molar-refractivity contribution in [2.75, 3.05) is 18.4 Å². The summed E-state index contributed by atoms with van der Waals surface area (Å²) in [6.07, 6.45) is 4.87. The number of piperidine rings is 1. The number of hydrogen-bond acceptors (Lipinski definition) is 4. The van der Waals surface area contributed by atoms with Crippen LogP contribution in [0.5, 0.6) is 0 Å². The lowest BCUT2D eigenvalue weighted by molar-refractivity contribution is -0.140. The summed E-state index contributed by atoms with van der Waals surface area (Å²) in [4.78, 5) is 22.1. The number of hydrogen-bond donors (Lipinski definition) is 1. The molecule has 0 saturated carbocycles. The summed E-state index contributed by atoms with van der Waals surface area (Å²) in [6.45, 7) is 7.42. The summed E-state index contributed by atoms with van der Waals surface area (Å²) in [6, 6.07) is 0.298. The van der Waals surface area contributed by atoms with Crippen molar-refractivity contribution in [1.82, 2.24) is 14.9 Å². The Balaban J connectivity index is 1.89. The van der Waals surface area contributed by atoms with Crippen LogP contribution in [0.2, 0.25) is 5.02 Å². The molecule has 1 aromatic heterocycles. The SMILES string of the molecule is CC(C)(C)C(=O)N1CCC(Nc2ncncc2Cl)CC1. The first kappa shape index (κ1) is 15.0. The largest absolute Gasteiger partial charge is 0.366 e. The van der Waals surface area contributed by atoms with E-state index in [2.05, 4.69) is 15.3 Å². The zero-order valence-electron chi connectivity index (χ0n) is 12.2. The zero-order valence-corrected chi connectivity index (χ0v) is 12.9. The Hall–Kier alpha value is -1.36. The van der Waals surface area contributed by atoms with Crippen LogP contribution in [0, 0.1) is 5.41 Å². The molecule has 1 saturated heterocycles. The molecule has 0 aliphatic carbocycles. The summed E-state index contributed by atoms with van der Waals surface area (Å²) in [5.41, 5.74) is -0.309. The van der Waals surface area contributed by atoms with Crippen molar-refractivity contribution in [2.45, 2.75) is 39.7 Å². The van der Waals surface area contributed by atoms with Crippen LogP contribution in [0.1, 0.15) is 33.6 Å². The van der Waals surface area contributed by atoms with Gasteiger partial charge in [0.15, 0.2) is 0 Å². The quantitative estimate of drug-likeness (QED) is 0.911. The minimum atomic E-state index is -0.309. The molecule has 0 spiro atoms. The molecule has 0 bridgehead atoms. The minimum Gasteiger partial charge on any atom is -0.366 e. The predicted molar refractivity (Wildman–Crippen MR) is 79.7 cm³/mol. The summed E-state index contributed by atoms with van der Waals surface area (Å²) in [5.74, 6) is 0.887. The molecule has 1 aromatic rings. The van der Waals surface area contributed by atoms with Crippen LogP contribution in [0.3, 0.4) is 0 Å². The standard InChI is InChI=1S/C14H21ClN4O/c1-14(2,3)13(20)19-6-4-10(5-7-19)18-12-11(15)8-16-9-17-12/h8-10H,4-7H2,1-3H3,(H,16,17,18). The lowest BCUT2D eigenvalue weighted by atomic mass is 9.93. The average molecular weight is 297 g/mol. The number of aromatic nitrogens is 2. The van der Waals surface area contributed by atoms with Crippen LogP contribution < -0.4 is 5.32 Å². The van der Waals surface area contributed by atoms with Crippen molar-refractivity contribution in [3.63, 3.8) is 0 Å². The van der Waals surface area contributed by atoms with E-state index in [0.717, 1.165) is 25.9 Å². The molecule has 1 fully saturated rings. The Morgan fingerprint density at radius 2 is 2.05 bits per heavy atom. The molecule has 1 aliphatic heterocycles. The van der Waals surface area contributed by atoms with E-state index in [4.69, 9.17) is 11.6 Å². The molecule has 5 nitrogen and oxygen atoms in total. The van der Waals surface area contributed by atoms with E-state index in [1.165, 1.54) is 6.33 Å². The lowest BCUT2D eigenvalue weighted by Gasteiger charge is -2.36. The molecule has 0 atom stereocenters. The third-order valence-electron chi connectivity index (χ3n) is 3.43. The second-order valence-corrected chi connectivity index (χ2v) is 6.59. The van der Waals surface area contributed by atoms with Crippen molar-refractivity contribution in [3.8, 4) is 0 Å². The van der Waals surface area contributed by atoms with Crippen LogP contribution in [0.4, 0.5) is 5.82 Å². The van der Waals surface area contributed by atoms with Crippen LogP contribution in [0.15, 0.2) is 12.5 Å². The average Bonchev–Trinajstić information content (AvgIpc) is 2.40. The number of halogens is 1. The highest BCUT2D eigenvalue weighted by molar-refractivity contribution is 6.32. The van der Waals surface area contributed by atoms with Crippen LogP contribution in [-0.2, 0) is 4.79 Å². The highest BCUT2D eigenvalue weighted by Crippen LogP contribution is 2.24. The van der Waals surface area contributed by atoms with Gasteiger partial charge in [0.25, 0.3) is 0 Å². The summed E-state index contributed by atoms with van der Waals surface area (Å²) >= 11 is 6.03. The Bertz CT molecular complexity index is 478. The molecule has 0 radical (unpaired) electrons. The van der Waals surface area contributed by atoms with Gasteiger partial charge in [-0.25, -0.2) is 9.97 Å². The van der Waals surface area contributed by atoms with Crippen LogP contribution >= 0.6 is 11.6 Å². The van der Waals surface area contributed by atoms with Crippen LogP contribution in [-0.4, -0.2) is 39.9 Å². The Morgan fingerprint density at radius 3 is 2.60 bits per heavy atom. The van der Waals surface area contributed by atoms with Crippen molar-refractivity contribution in [2.24, 2.45) is 5.41 Å².